The van der Waals surface area contributed by atoms with E-state index in [0.29, 0.717) is 5.78 Å². The summed E-state index contributed by atoms with van der Waals surface area (Å²) in [6, 6.07) is 0.780. The molecule has 3 aliphatic rings. The quantitative estimate of drug-likeness (QED) is 0.653. The van der Waals surface area contributed by atoms with Crippen LogP contribution in [-0.2, 0) is 4.79 Å². The Kier molecular flexibility index (Phi) is 2.39. The molecular weight excluding hydrogens is 186 g/mol. The van der Waals surface area contributed by atoms with Crippen LogP contribution in [0.25, 0.3) is 0 Å². The van der Waals surface area contributed by atoms with Crippen molar-refractivity contribution < 1.29 is 4.79 Å². The van der Waals surface area contributed by atoms with Gasteiger partial charge in [-0.3, -0.25) is 9.69 Å². The highest BCUT2D eigenvalue weighted by molar-refractivity contribution is 5.91. The molecule has 2 nitrogen and oxygen atoms in total. The van der Waals surface area contributed by atoms with Crippen molar-refractivity contribution >= 4 is 5.78 Å². The molecule has 2 atom stereocenters. The van der Waals surface area contributed by atoms with Crippen molar-refractivity contribution in [1.29, 1.82) is 0 Å². The lowest BCUT2D eigenvalue weighted by atomic mass is 9.83. The third-order valence-corrected chi connectivity index (χ3v) is 4.32. The minimum absolute atomic E-state index is 0.368. The lowest BCUT2D eigenvalue weighted by molar-refractivity contribution is -0.115. The Hall–Kier alpha value is -0.630. The van der Waals surface area contributed by atoms with Gasteiger partial charge in [0.25, 0.3) is 0 Å². The molecule has 2 heteroatoms. The topological polar surface area (TPSA) is 20.3 Å². The van der Waals surface area contributed by atoms with E-state index in [0.717, 1.165) is 24.8 Å². The molecule has 2 heterocycles. The fraction of sp³-hybridized carbons (Fsp3) is 0.769. The van der Waals surface area contributed by atoms with E-state index in [1.54, 1.807) is 0 Å². The fourth-order valence-corrected chi connectivity index (χ4v) is 3.63. The lowest BCUT2D eigenvalue weighted by Crippen LogP contribution is -2.27. The maximum Gasteiger partial charge on any atom is 0.155 e. The summed E-state index contributed by atoms with van der Waals surface area (Å²) in [6.07, 6.45) is 9.04. The van der Waals surface area contributed by atoms with Crippen molar-refractivity contribution in [3.8, 4) is 0 Å². The van der Waals surface area contributed by atoms with Crippen LogP contribution in [-0.4, -0.2) is 29.8 Å². The van der Waals surface area contributed by atoms with E-state index in [9.17, 15) is 4.79 Å². The number of rotatable bonds is 1. The summed E-state index contributed by atoms with van der Waals surface area (Å²) in [4.78, 5) is 14.1. The first-order valence-electron chi connectivity index (χ1n) is 6.32. The zero-order valence-electron chi connectivity index (χ0n) is 9.24. The summed E-state index contributed by atoms with van der Waals surface area (Å²) in [5.41, 5.74) is 1.47. The number of hydrogen-bond donors (Lipinski definition) is 0. The van der Waals surface area contributed by atoms with Crippen LogP contribution < -0.4 is 0 Å². The molecule has 0 spiro atoms. The Balaban J connectivity index is 1.79. The first kappa shape index (κ1) is 9.59. The Morgan fingerprint density at radius 2 is 2.07 bits per heavy atom. The van der Waals surface area contributed by atoms with E-state index in [1.165, 1.54) is 44.3 Å². The van der Waals surface area contributed by atoms with Gasteiger partial charge in [0.05, 0.1) is 0 Å². The van der Waals surface area contributed by atoms with Crippen LogP contribution in [0.3, 0.4) is 0 Å². The molecular formula is C13H19NO. The second-order valence-corrected chi connectivity index (χ2v) is 5.18. The first-order valence-corrected chi connectivity index (χ1v) is 6.32. The molecule has 15 heavy (non-hydrogen) atoms. The SMILES string of the molecule is O=C1C=C([C@@H]2CCN3CCC[C@@H]23)CCC1. The van der Waals surface area contributed by atoms with Gasteiger partial charge in [-0.05, 0) is 57.2 Å². The highest BCUT2D eigenvalue weighted by atomic mass is 16.1. The largest absolute Gasteiger partial charge is 0.300 e. The average molecular weight is 205 g/mol. The van der Waals surface area contributed by atoms with Gasteiger partial charge >= 0.3 is 0 Å². The van der Waals surface area contributed by atoms with Gasteiger partial charge in [-0.2, -0.15) is 0 Å². The number of nitrogens with zero attached hydrogens (tertiary/aromatic N) is 1. The van der Waals surface area contributed by atoms with E-state index >= 15 is 0 Å². The molecule has 0 bridgehead atoms. The van der Waals surface area contributed by atoms with Crippen LogP contribution in [0.4, 0.5) is 0 Å². The Bertz CT molecular complexity index is 308. The molecule has 1 aliphatic carbocycles. The summed E-state index contributed by atoms with van der Waals surface area (Å²) in [5, 5.41) is 0. The van der Waals surface area contributed by atoms with E-state index in [2.05, 4.69) is 4.90 Å². The highest BCUT2D eigenvalue weighted by Gasteiger charge is 2.39. The maximum atomic E-state index is 11.4. The van der Waals surface area contributed by atoms with Gasteiger partial charge in [-0.15, -0.1) is 0 Å². The number of allylic oxidation sites excluding steroid dienone is 1. The molecule has 0 amide bonds. The molecule has 3 rings (SSSR count). The van der Waals surface area contributed by atoms with E-state index < -0.39 is 0 Å². The van der Waals surface area contributed by atoms with Gasteiger partial charge in [0.1, 0.15) is 0 Å². The summed E-state index contributed by atoms with van der Waals surface area (Å²) in [7, 11) is 0. The van der Waals surface area contributed by atoms with Crippen molar-refractivity contribution in [2.75, 3.05) is 13.1 Å². The van der Waals surface area contributed by atoms with Crippen LogP contribution in [0.1, 0.15) is 38.5 Å². The smallest absolute Gasteiger partial charge is 0.155 e. The number of ketones is 1. The Morgan fingerprint density at radius 3 is 2.93 bits per heavy atom. The number of carbonyl (C=O) groups is 1. The first-order chi connectivity index (χ1) is 7.34. The minimum Gasteiger partial charge on any atom is -0.300 e. The maximum absolute atomic E-state index is 11.4. The predicted molar refractivity (Wildman–Crippen MR) is 59.6 cm³/mol. The third-order valence-electron chi connectivity index (χ3n) is 4.32. The third kappa shape index (κ3) is 1.65. The molecule has 0 unspecified atom stereocenters. The lowest BCUT2D eigenvalue weighted by Gasteiger charge is -2.24. The summed E-state index contributed by atoms with van der Waals surface area (Å²) >= 11 is 0. The molecule has 2 aliphatic heterocycles. The molecule has 2 saturated heterocycles. The molecule has 0 N–H and O–H groups in total. The predicted octanol–water partition coefficient (Wildman–Crippen LogP) is 2.15. The van der Waals surface area contributed by atoms with Gasteiger partial charge in [0.2, 0.25) is 0 Å². The molecule has 2 fully saturated rings. The van der Waals surface area contributed by atoms with Crippen LogP contribution in [0.2, 0.25) is 0 Å². The second-order valence-electron chi connectivity index (χ2n) is 5.18. The second kappa shape index (κ2) is 3.75. The van der Waals surface area contributed by atoms with Crippen molar-refractivity contribution in [3.05, 3.63) is 11.6 Å². The summed E-state index contributed by atoms with van der Waals surface area (Å²) in [6.45, 7) is 2.56. The van der Waals surface area contributed by atoms with Gasteiger partial charge < -0.3 is 0 Å². The summed E-state index contributed by atoms with van der Waals surface area (Å²) in [5.74, 6) is 1.09. The average Bonchev–Trinajstić information content (AvgIpc) is 2.77. The fourth-order valence-electron chi connectivity index (χ4n) is 3.63. The number of fused-ring (bicyclic) bond motifs is 1. The van der Waals surface area contributed by atoms with E-state index in [-0.39, 0.29) is 0 Å². The van der Waals surface area contributed by atoms with Gasteiger partial charge in [-0.25, -0.2) is 0 Å². The van der Waals surface area contributed by atoms with Crippen molar-refractivity contribution in [2.45, 2.75) is 44.6 Å². The van der Waals surface area contributed by atoms with E-state index in [1.807, 2.05) is 6.08 Å². The number of carbonyl (C=O) groups excluding carboxylic acids is 1. The summed E-state index contributed by atoms with van der Waals surface area (Å²) < 4.78 is 0. The molecule has 0 saturated carbocycles. The molecule has 0 aromatic carbocycles. The van der Waals surface area contributed by atoms with Crippen LogP contribution >= 0.6 is 0 Å². The van der Waals surface area contributed by atoms with Crippen molar-refractivity contribution in [3.63, 3.8) is 0 Å². The molecule has 0 aromatic heterocycles. The van der Waals surface area contributed by atoms with Crippen LogP contribution in [0.5, 0.6) is 0 Å². The standard InChI is InChI=1S/C13H19NO/c15-11-4-1-3-10(9-11)12-6-8-14-7-2-5-13(12)14/h9,12-13H,1-8H2/t12-,13-/m0/s1. The van der Waals surface area contributed by atoms with Crippen LogP contribution in [0, 0.1) is 5.92 Å². The minimum atomic E-state index is 0.368. The Morgan fingerprint density at radius 1 is 1.13 bits per heavy atom. The normalized spacial score (nSPS) is 36.8. The molecule has 0 radical (unpaired) electrons. The van der Waals surface area contributed by atoms with Gasteiger partial charge in [0.15, 0.2) is 5.78 Å². The zero-order valence-corrected chi connectivity index (χ0v) is 9.24. The van der Waals surface area contributed by atoms with E-state index in [4.69, 9.17) is 0 Å². The molecule has 82 valence electrons. The van der Waals surface area contributed by atoms with Crippen LogP contribution in [0.15, 0.2) is 11.6 Å². The molecule has 0 aromatic rings. The Labute approximate surface area is 91.3 Å². The van der Waals surface area contributed by atoms with Crippen molar-refractivity contribution in [2.24, 2.45) is 5.92 Å². The van der Waals surface area contributed by atoms with Gasteiger partial charge in [0, 0.05) is 12.5 Å². The zero-order chi connectivity index (χ0) is 10.3. The number of hydrogen-bond acceptors (Lipinski definition) is 2. The van der Waals surface area contributed by atoms with Crippen molar-refractivity contribution in [1.82, 2.24) is 4.90 Å². The monoisotopic (exact) mass is 205 g/mol. The van der Waals surface area contributed by atoms with Gasteiger partial charge in [-0.1, -0.05) is 5.57 Å². The highest BCUT2D eigenvalue weighted by Crippen LogP contribution is 2.39.